The Bertz CT molecular complexity index is 669. The Kier molecular flexibility index (Phi) is 5.25. The topological polar surface area (TPSA) is 49.9 Å². The van der Waals surface area contributed by atoms with E-state index in [1.54, 1.807) is 0 Å². The summed E-state index contributed by atoms with van der Waals surface area (Å²) < 4.78 is 5.35. The molecule has 3 aliphatic rings. The van der Waals surface area contributed by atoms with Crippen LogP contribution < -0.4 is 0 Å². The summed E-state index contributed by atoms with van der Waals surface area (Å²) in [5, 5.41) is 0. The summed E-state index contributed by atoms with van der Waals surface area (Å²) in [5.41, 5.74) is 2.51. The Hall–Kier alpha value is -1.88. The lowest BCUT2D eigenvalue weighted by atomic mass is 9.81. The number of hydrogen-bond acceptors (Lipinski definition) is 3. The van der Waals surface area contributed by atoms with Gasteiger partial charge in [-0.1, -0.05) is 24.3 Å². The van der Waals surface area contributed by atoms with Crippen molar-refractivity contribution in [1.82, 2.24) is 9.80 Å². The van der Waals surface area contributed by atoms with Crippen LogP contribution in [0.15, 0.2) is 24.3 Å². The molecule has 0 N–H and O–H groups in total. The molecule has 5 nitrogen and oxygen atoms in total. The molecule has 4 rings (SSSR count). The van der Waals surface area contributed by atoms with Crippen LogP contribution in [0.3, 0.4) is 0 Å². The first-order valence-corrected chi connectivity index (χ1v) is 9.97. The van der Waals surface area contributed by atoms with Crippen LogP contribution in [0.5, 0.6) is 0 Å². The minimum Gasteiger partial charge on any atom is -0.378 e. The molecule has 2 aliphatic heterocycles. The van der Waals surface area contributed by atoms with Gasteiger partial charge in [-0.25, -0.2) is 0 Å². The van der Waals surface area contributed by atoms with Crippen molar-refractivity contribution in [2.75, 3.05) is 39.4 Å². The molecule has 140 valence electrons. The maximum atomic E-state index is 13.2. The summed E-state index contributed by atoms with van der Waals surface area (Å²) in [6, 6.07) is 8.35. The molecular weight excluding hydrogens is 328 g/mol. The smallest absolute Gasteiger partial charge is 0.230 e. The van der Waals surface area contributed by atoms with Gasteiger partial charge in [-0.2, -0.15) is 0 Å². The monoisotopic (exact) mass is 356 g/mol. The summed E-state index contributed by atoms with van der Waals surface area (Å²) >= 11 is 0. The lowest BCUT2D eigenvalue weighted by Gasteiger charge is -2.38. The number of nitrogens with zero attached hydrogens (tertiary/aromatic N) is 2. The fourth-order valence-electron chi connectivity index (χ4n) is 4.65. The van der Waals surface area contributed by atoms with Gasteiger partial charge in [0.15, 0.2) is 0 Å². The zero-order valence-electron chi connectivity index (χ0n) is 15.4. The number of morpholine rings is 1. The van der Waals surface area contributed by atoms with Crippen molar-refractivity contribution in [3.8, 4) is 0 Å². The third-order valence-electron chi connectivity index (χ3n) is 6.07. The fourth-order valence-corrected chi connectivity index (χ4v) is 4.65. The van der Waals surface area contributed by atoms with Crippen LogP contribution in [0, 0.1) is 5.92 Å². The molecule has 5 heteroatoms. The van der Waals surface area contributed by atoms with E-state index in [0.717, 1.165) is 38.6 Å². The summed E-state index contributed by atoms with van der Waals surface area (Å²) in [4.78, 5) is 29.9. The molecule has 1 aliphatic carbocycles. The molecule has 1 aromatic carbocycles. The second-order valence-electron chi connectivity index (χ2n) is 7.70. The highest BCUT2D eigenvalue weighted by molar-refractivity contribution is 5.86. The number of carbonyl (C=O) groups excluding carboxylic acids is 2. The number of likely N-dealkylation sites (tertiary alicyclic amines) is 1. The number of fused-ring (bicyclic) bond motifs is 1. The van der Waals surface area contributed by atoms with E-state index in [-0.39, 0.29) is 23.7 Å². The molecule has 26 heavy (non-hydrogen) atoms. The Morgan fingerprint density at radius 1 is 0.923 bits per heavy atom. The van der Waals surface area contributed by atoms with E-state index in [9.17, 15) is 9.59 Å². The summed E-state index contributed by atoms with van der Waals surface area (Å²) in [7, 11) is 0. The Morgan fingerprint density at radius 3 is 2.58 bits per heavy atom. The van der Waals surface area contributed by atoms with E-state index >= 15 is 0 Å². The van der Waals surface area contributed by atoms with Crippen molar-refractivity contribution >= 4 is 11.8 Å². The molecule has 0 saturated carbocycles. The predicted octanol–water partition coefficient (Wildman–Crippen LogP) is 2.20. The SMILES string of the molecule is O=C([C@H]1CCCN(C(=O)[C@@H]2CCCc3ccccc32)C1)N1CCOCC1. The minimum atomic E-state index is -0.0513. The van der Waals surface area contributed by atoms with Crippen molar-refractivity contribution < 1.29 is 14.3 Å². The number of benzene rings is 1. The van der Waals surface area contributed by atoms with E-state index in [4.69, 9.17) is 4.74 Å². The third-order valence-corrected chi connectivity index (χ3v) is 6.07. The average Bonchev–Trinajstić information content (AvgIpc) is 2.73. The van der Waals surface area contributed by atoms with Gasteiger partial charge in [-0.3, -0.25) is 9.59 Å². The molecule has 2 amide bonds. The summed E-state index contributed by atoms with van der Waals surface area (Å²) in [6.45, 7) is 3.97. The van der Waals surface area contributed by atoms with Gasteiger partial charge in [0.25, 0.3) is 0 Å². The van der Waals surface area contributed by atoms with Gasteiger partial charge in [0.2, 0.25) is 11.8 Å². The van der Waals surface area contributed by atoms with Crippen LogP contribution in [0.25, 0.3) is 0 Å². The van der Waals surface area contributed by atoms with Gasteiger partial charge in [-0.05, 0) is 43.2 Å². The molecule has 0 spiro atoms. The molecular formula is C21H28N2O3. The first kappa shape index (κ1) is 17.5. The van der Waals surface area contributed by atoms with Crippen molar-refractivity contribution in [2.24, 2.45) is 5.92 Å². The van der Waals surface area contributed by atoms with Crippen LogP contribution >= 0.6 is 0 Å². The molecule has 0 aromatic heterocycles. The van der Waals surface area contributed by atoms with Crippen molar-refractivity contribution in [3.05, 3.63) is 35.4 Å². The molecule has 0 radical (unpaired) electrons. The van der Waals surface area contributed by atoms with Crippen LogP contribution in [0.2, 0.25) is 0 Å². The van der Waals surface area contributed by atoms with Crippen LogP contribution in [0.4, 0.5) is 0 Å². The number of aryl methyl sites for hydroxylation is 1. The molecule has 0 bridgehead atoms. The number of piperidine rings is 1. The molecule has 2 heterocycles. The Morgan fingerprint density at radius 2 is 1.73 bits per heavy atom. The molecule has 2 atom stereocenters. The van der Waals surface area contributed by atoms with Gasteiger partial charge >= 0.3 is 0 Å². The maximum Gasteiger partial charge on any atom is 0.230 e. The number of carbonyl (C=O) groups is 2. The van der Waals surface area contributed by atoms with E-state index < -0.39 is 0 Å². The number of rotatable bonds is 2. The van der Waals surface area contributed by atoms with Crippen LogP contribution in [0.1, 0.15) is 42.7 Å². The molecule has 2 fully saturated rings. The largest absolute Gasteiger partial charge is 0.378 e. The van der Waals surface area contributed by atoms with E-state index in [1.165, 1.54) is 11.1 Å². The van der Waals surface area contributed by atoms with Gasteiger partial charge in [0.1, 0.15) is 0 Å². The van der Waals surface area contributed by atoms with Crippen LogP contribution in [-0.2, 0) is 20.7 Å². The zero-order valence-corrected chi connectivity index (χ0v) is 15.4. The lowest BCUT2D eigenvalue weighted by Crippen LogP contribution is -2.50. The van der Waals surface area contributed by atoms with E-state index in [0.29, 0.717) is 32.8 Å². The quantitative estimate of drug-likeness (QED) is 0.816. The van der Waals surface area contributed by atoms with Gasteiger partial charge < -0.3 is 14.5 Å². The first-order valence-electron chi connectivity index (χ1n) is 9.97. The van der Waals surface area contributed by atoms with Gasteiger partial charge in [0.05, 0.1) is 25.0 Å². The van der Waals surface area contributed by atoms with Crippen molar-refractivity contribution in [1.29, 1.82) is 0 Å². The first-order chi connectivity index (χ1) is 12.7. The fraction of sp³-hybridized carbons (Fsp3) is 0.619. The second kappa shape index (κ2) is 7.78. The molecule has 0 unspecified atom stereocenters. The summed E-state index contributed by atoms with van der Waals surface area (Å²) in [5.74, 6) is 0.341. The summed E-state index contributed by atoms with van der Waals surface area (Å²) in [6.07, 6.45) is 4.87. The van der Waals surface area contributed by atoms with Crippen LogP contribution in [-0.4, -0.2) is 61.0 Å². The number of hydrogen-bond donors (Lipinski definition) is 0. The average molecular weight is 356 g/mol. The second-order valence-corrected chi connectivity index (χ2v) is 7.70. The maximum absolute atomic E-state index is 13.2. The Labute approximate surface area is 155 Å². The van der Waals surface area contributed by atoms with Gasteiger partial charge in [0, 0.05) is 26.2 Å². The third kappa shape index (κ3) is 3.50. The van der Waals surface area contributed by atoms with E-state index in [2.05, 4.69) is 18.2 Å². The molecule has 2 saturated heterocycles. The molecule has 1 aromatic rings. The normalized spacial score (nSPS) is 26.3. The van der Waals surface area contributed by atoms with Gasteiger partial charge in [-0.15, -0.1) is 0 Å². The number of amides is 2. The van der Waals surface area contributed by atoms with E-state index in [1.807, 2.05) is 15.9 Å². The highest BCUT2D eigenvalue weighted by Crippen LogP contribution is 2.34. The lowest BCUT2D eigenvalue weighted by molar-refractivity contribution is -0.144. The number of ether oxygens (including phenoxy) is 1. The Balaban J connectivity index is 1.44. The standard InChI is InChI=1S/C21H28N2O3/c24-20(22-11-13-26-14-12-22)17-7-4-10-23(15-17)21(25)19-9-3-6-16-5-1-2-8-18(16)19/h1-2,5,8,17,19H,3-4,6-7,9-15H2/t17-,19+/m0/s1. The predicted molar refractivity (Wildman–Crippen MR) is 98.8 cm³/mol. The minimum absolute atomic E-state index is 0.0304. The van der Waals surface area contributed by atoms with Crippen molar-refractivity contribution in [2.45, 2.75) is 38.0 Å². The highest BCUT2D eigenvalue weighted by atomic mass is 16.5. The highest BCUT2D eigenvalue weighted by Gasteiger charge is 2.35. The zero-order chi connectivity index (χ0) is 17.9. The van der Waals surface area contributed by atoms with Crippen molar-refractivity contribution in [3.63, 3.8) is 0 Å².